The van der Waals surface area contributed by atoms with Crippen molar-refractivity contribution in [3.05, 3.63) is 0 Å². The molecule has 3 nitrogen and oxygen atoms in total. The summed E-state index contributed by atoms with van der Waals surface area (Å²) in [5.74, 6) is 0. The van der Waals surface area contributed by atoms with Crippen molar-refractivity contribution >= 4 is 0 Å². The predicted octanol–water partition coefficient (Wildman–Crippen LogP) is 8.89. The number of nitrogens with zero attached hydrogens (tertiary/aromatic N) is 1. The fourth-order valence-electron chi connectivity index (χ4n) is 4.99. The number of ether oxygens (including phenoxy) is 2. The molecular weight excluding hydrogens is 394 g/mol. The van der Waals surface area contributed by atoms with Gasteiger partial charge in [0.2, 0.25) is 6.29 Å². The van der Waals surface area contributed by atoms with Gasteiger partial charge in [-0.1, -0.05) is 97.8 Å². The zero-order chi connectivity index (χ0) is 23.8. The summed E-state index contributed by atoms with van der Waals surface area (Å²) < 4.78 is 13.0. The second-order valence-corrected chi connectivity index (χ2v) is 10.1. The molecule has 0 spiro atoms. The summed E-state index contributed by atoms with van der Waals surface area (Å²) in [4.78, 5) is 0. The minimum absolute atomic E-state index is 0.0553. The molecule has 0 saturated carbocycles. The molecule has 0 aliphatic carbocycles. The van der Waals surface area contributed by atoms with Crippen LogP contribution in [0.25, 0.3) is 0 Å². The van der Waals surface area contributed by atoms with Gasteiger partial charge in [-0.25, -0.2) is 0 Å². The first kappa shape index (κ1) is 31.9. The third-order valence-electron chi connectivity index (χ3n) is 7.11. The van der Waals surface area contributed by atoms with Crippen LogP contribution in [0.2, 0.25) is 0 Å². The molecule has 1 atom stereocenters. The van der Waals surface area contributed by atoms with Crippen LogP contribution in [-0.2, 0) is 9.47 Å². The first-order valence-electron chi connectivity index (χ1n) is 14.7. The van der Waals surface area contributed by atoms with Gasteiger partial charge in [0.15, 0.2) is 0 Å². The topological polar surface area (TPSA) is 18.5 Å². The van der Waals surface area contributed by atoms with Gasteiger partial charge in [0.1, 0.15) is 6.54 Å². The summed E-state index contributed by atoms with van der Waals surface area (Å²) in [6.45, 7) is 14.7. The summed E-state index contributed by atoms with van der Waals surface area (Å²) >= 11 is 0. The highest BCUT2D eigenvalue weighted by Crippen LogP contribution is 2.20. The summed E-state index contributed by atoms with van der Waals surface area (Å²) in [5.41, 5.74) is 0. The molecule has 0 radical (unpaired) electrons. The van der Waals surface area contributed by atoms with Crippen LogP contribution in [0.1, 0.15) is 143 Å². The molecule has 0 fully saturated rings. The number of hydrogen-bond donors (Lipinski definition) is 0. The molecule has 0 aliphatic rings. The highest BCUT2D eigenvalue weighted by molar-refractivity contribution is 4.55. The van der Waals surface area contributed by atoms with Gasteiger partial charge >= 0.3 is 0 Å². The van der Waals surface area contributed by atoms with Crippen molar-refractivity contribution < 1.29 is 14.0 Å². The Labute approximate surface area is 203 Å². The molecule has 0 aromatic carbocycles. The van der Waals surface area contributed by atoms with E-state index in [9.17, 15) is 0 Å². The third-order valence-corrected chi connectivity index (χ3v) is 7.11. The molecule has 0 N–H and O–H groups in total. The molecule has 0 heterocycles. The zero-order valence-corrected chi connectivity index (χ0v) is 23.1. The van der Waals surface area contributed by atoms with Crippen molar-refractivity contribution in [2.24, 2.45) is 0 Å². The Morgan fingerprint density at radius 2 is 0.844 bits per heavy atom. The maximum Gasteiger partial charge on any atom is 0.207 e. The number of rotatable bonds is 26. The monoisotopic (exact) mass is 456 g/mol. The Hall–Kier alpha value is -0.120. The van der Waals surface area contributed by atoms with Crippen LogP contribution in [0.15, 0.2) is 0 Å². The highest BCUT2D eigenvalue weighted by atomic mass is 16.7. The van der Waals surface area contributed by atoms with Crippen molar-refractivity contribution in [3.63, 3.8) is 0 Å². The molecule has 0 aromatic rings. The minimum Gasteiger partial charge on any atom is -0.351 e. The molecule has 32 heavy (non-hydrogen) atoms. The fraction of sp³-hybridized carbons (Fsp3) is 1.00. The van der Waals surface area contributed by atoms with Gasteiger partial charge < -0.3 is 14.0 Å². The Morgan fingerprint density at radius 3 is 1.16 bits per heavy atom. The minimum atomic E-state index is -0.0553. The lowest BCUT2D eigenvalue weighted by atomic mass is 10.1. The van der Waals surface area contributed by atoms with Crippen LogP contribution in [0, 0.1) is 0 Å². The number of hydrogen-bond acceptors (Lipinski definition) is 2. The van der Waals surface area contributed by atoms with Crippen LogP contribution >= 0.6 is 0 Å². The van der Waals surface area contributed by atoms with Crippen molar-refractivity contribution in [3.8, 4) is 0 Å². The van der Waals surface area contributed by atoms with Crippen molar-refractivity contribution in [1.29, 1.82) is 0 Å². The lowest BCUT2D eigenvalue weighted by molar-refractivity contribution is -0.934. The molecule has 0 aliphatic heterocycles. The van der Waals surface area contributed by atoms with Gasteiger partial charge in [-0.05, 0) is 45.4 Å². The lowest BCUT2D eigenvalue weighted by Gasteiger charge is -2.41. The highest BCUT2D eigenvalue weighted by Gasteiger charge is 2.30. The third kappa shape index (κ3) is 18.3. The van der Waals surface area contributed by atoms with E-state index in [1.807, 2.05) is 7.11 Å². The van der Waals surface area contributed by atoms with Gasteiger partial charge in [0.25, 0.3) is 0 Å². The Morgan fingerprint density at radius 1 is 0.500 bits per heavy atom. The molecule has 1 unspecified atom stereocenters. The van der Waals surface area contributed by atoms with E-state index >= 15 is 0 Å². The van der Waals surface area contributed by atoms with Crippen LogP contribution in [-0.4, -0.2) is 50.7 Å². The zero-order valence-electron chi connectivity index (χ0n) is 23.1. The van der Waals surface area contributed by atoms with Crippen LogP contribution in [0.5, 0.6) is 0 Å². The lowest BCUT2D eigenvalue weighted by Crippen LogP contribution is -2.54. The first-order valence-corrected chi connectivity index (χ1v) is 14.7. The largest absolute Gasteiger partial charge is 0.351 e. The van der Waals surface area contributed by atoms with Crippen molar-refractivity contribution in [2.45, 2.75) is 150 Å². The van der Waals surface area contributed by atoms with E-state index < -0.39 is 0 Å². The average Bonchev–Trinajstić information content (AvgIpc) is 2.80. The van der Waals surface area contributed by atoms with E-state index in [2.05, 4.69) is 27.7 Å². The van der Waals surface area contributed by atoms with E-state index in [0.29, 0.717) is 0 Å². The van der Waals surface area contributed by atoms with Crippen LogP contribution in [0.3, 0.4) is 0 Å². The van der Waals surface area contributed by atoms with E-state index in [1.54, 1.807) is 0 Å². The van der Waals surface area contributed by atoms with Crippen LogP contribution in [0.4, 0.5) is 0 Å². The number of unbranched alkanes of at least 4 members (excludes halogenated alkanes) is 15. The normalized spacial score (nSPS) is 13.0. The Bertz CT molecular complexity index is 320. The molecule has 0 aromatic heterocycles. The molecule has 0 rings (SSSR count). The maximum absolute atomic E-state index is 5.99. The van der Waals surface area contributed by atoms with Crippen molar-refractivity contribution in [1.82, 2.24) is 0 Å². The van der Waals surface area contributed by atoms with E-state index in [4.69, 9.17) is 9.47 Å². The van der Waals surface area contributed by atoms with Gasteiger partial charge in [-0.2, -0.15) is 0 Å². The Kier molecular flexibility index (Phi) is 23.9. The molecule has 0 saturated heterocycles. The molecule has 0 bridgehead atoms. The van der Waals surface area contributed by atoms with Gasteiger partial charge in [0, 0.05) is 13.7 Å². The standard InChI is InChI=1S/C29H62NO2/c1-6-10-13-16-19-22-25-30(28-29(31-5)32-9-4,26-23-20-17-14-11-7-2)27-24-21-18-15-12-8-3/h29H,6-28H2,1-5H3/q+1. The molecule has 3 heteroatoms. The molecular formula is C29H62NO2+. The summed E-state index contributed by atoms with van der Waals surface area (Å²) in [5, 5.41) is 0. The second kappa shape index (κ2) is 24.0. The quantitative estimate of drug-likeness (QED) is 0.0734. The van der Waals surface area contributed by atoms with Gasteiger partial charge in [0.05, 0.1) is 19.6 Å². The summed E-state index contributed by atoms with van der Waals surface area (Å²) in [7, 11) is 1.83. The fourth-order valence-corrected chi connectivity index (χ4v) is 4.99. The molecule has 0 amide bonds. The maximum atomic E-state index is 5.99. The first-order chi connectivity index (χ1) is 15.7. The predicted molar refractivity (Wildman–Crippen MR) is 142 cm³/mol. The van der Waals surface area contributed by atoms with E-state index in [1.165, 1.54) is 140 Å². The smallest absolute Gasteiger partial charge is 0.207 e. The SMILES string of the molecule is CCCCCCCC[N+](CCCCCCCC)(CCCCCCCC)CC(OC)OCC. The van der Waals surface area contributed by atoms with E-state index in [-0.39, 0.29) is 6.29 Å². The summed E-state index contributed by atoms with van der Waals surface area (Å²) in [6, 6.07) is 0. The van der Waals surface area contributed by atoms with Gasteiger partial charge in [-0.15, -0.1) is 0 Å². The second-order valence-electron chi connectivity index (χ2n) is 10.1. The van der Waals surface area contributed by atoms with Crippen LogP contribution < -0.4 is 0 Å². The number of methoxy groups -OCH3 is 1. The van der Waals surface area contributed by atoms with Crippen molar-refractivity contribution in [2.75, 3.05) is 39.9 Å². The average molecular weight is 457 g/mol. The van der Waals surface area contributed by atoms with Gasteiger partial charge in [-0.3, -0.25) is 0 Å². The molecule has 194 valence electrons. The Balaban J connectivity index is 4.95. The number of quaternary nitrogens is 1. The summed E-state index contributed by atoms with van der Waals surface area (Å²) in [6.07, 6.45) is 24.8. The van der Waals surface area contributed by atoms with E-state index in [0.717, 1.165) is 13.2 Å².